The minimum atomic E-state index is 0.0223. The molecule has 3 nitrogen and oxygen atoms in total. The van der Waals surface area contributed by atoms with Crippen molar-refractivity contribution in [2.75, 3.05) is 26.7 Å². The standard InChI is InChI=1S/C17H32NO2/c1-3-4-5-11-17(19)20-14-15-9-8-13-18(2)12-7-6-10-16(15)18/h15-16H,3-14H2,1-2H3/q+1/t15-,16+,18+/m1/s1. The molecular formula is C17H32NO2+. The van der Waals surface area contributed by atoms with E-state index >= 15 is 0 Å². The Morgan fingerprint density at radius 2 is 1.95 bits per heavy atom. The average Bonchev–Trinajstić information content (AvgIpc) is 2.44. The molecule has 20 heavy (non-hydrogen) atoms. The monoisotopic (exact) mass is 282 g/mol. The number of fused-ring (bicyclic) bond motifs is 1. The molecule has 116 valence electrons. The van der Waals surface area contributed by atoms with Crippen LogP contribution >= 0.6 is 0 Å². The molecule has 0 bridgehead atoms. The van der Waals surface area contributed by atoms with Gasteiger partial charge in [0.25, 0.3) is 0 Å². The zero-order chi connectivity index (χ0) is 14.4. The third-order valence-corrected chi connectivity index (χ3v) is 5.45. The molecule has 0 aromatic heterocycles. The number of esters is 1. The Balaban J connectivity index is 1.78. The van der Waals surface area contributed by atoms with Crippen molar-refractivity contribution < 1.29 is 14.0 Å². The van der Waals surface area contributed by atoms with E-state index in [-0.39, 0.29) is 5.97 Å². The summed E-state index contributed by atoms with van der Waals surface area (Å²) in [5.41, 5.74) is 0. The van der Waals surface area contributed by atoms with Gasteiger partial charge >= 0.3 is 5.97 Å². The van der Waals surface area contributed by atoms with Crippen molar-refractivity contribution in [2.45, 2.75) is 70.8 Å². The topological polar surface area (TPSA) is 26.3 Å². The lowest BCUT2D eigenvalue weighted by atomic mass is 9.82. The number of piperidine rings is 2. The van der Waals surface area contributed by atoms with E-state index in [4.69, 9.17) is 4.74 Å². The summed E-state index contributed by atoms with van der Waals surface area (Å²) in [5, 5.41) is 0. The molecule has 2 heterocycles. The van der Waals surface area contributed by atoms with Gasteiger partial charge in [-0.1, -0.05) is 19.8 Å². The normalized spacial score (nSPS) is 33.5. The minimum Gasteiger partial charge on any atom is -0.465 e. The van der Waals surface area contributed by atoms with Crippen molar-refractivity contribution in [2.24, 2.45) is 5.92 Å². The van der Waals surface area contributed by atoms with Crippen molar-refractivity contribution in [3.8, 4) is 0 Å². The Kier molecular flexibility index (Phi) is 5.88. The molecule has 2 aliphatic heterocycles. The Labute approximate surface area is 124 Å². The van der Waals surface area contributed by atoms with Crippen LogP contribution in [0.5, 0.6) is 0 Å². The van der Waals surface area contributed by atoms with Gasteiger partial charge in [-0.25, -0.2) is 0 Å². The minimum absolute atomic E-state index is 0.0223. The van der Waals surface area contributed by atoms with Crippen molar-refractivity contribution in [1.82, 2.24) is 0 Å². The summed E-state index contributed by atoms with van der Waals surface area (Å²) in [5.74, 6) is 0.623. The van der Waals surface area contributed by atoms with Crippen LogP contribution in [0.2, 0.25) is 0 Å². The van der Waals surface area contributed by atoms with E-state index in [1.165, 1.54) is 49.7 Å². The zero-order valence-corrected chi connectivity index (χ0v) is 13.4. The molecule has 0 spiro atoms. The number of ether oxygens (including phenoxy) is 1. The predicted molar refractivity (Wildman–Crippen MR) is 81.4 cm³/mol. The van der Waals surface area contributed by atoms with Crippen LogP contribution in [0, 0.1) is 5.92 Å². The molecule has 0 N–H and O–H groups in total. The molecule has 2 rings (SSSR count). The van der Waals surface area contributed by atoms with Gasteiger partial charge in [0.05, 0.1) is 32.8 Å². The number of rotatable bonds is 6. The highest BCUT2D eigenvalue weighted by Crippen LogP contribution is 2.36. The Morgan fingerprint density at radius 3 is 2.75 bits per heavy atom. The van der Waals surface area contributed by atoms with E-state index in [1.54, 1.807) is 0 Å². The predicted octanol–water partition coefficient (Wildman–Crippen LogP) is 3.52. The highest BCUT2D eigenvalue weighted by molar-refractivity contribution is 5.69. The van der Waals surface area contributed by atoms with Crippen LogP contribution in [0.4, 0.5) is 0 Å². The van der Waals surface area contributed by atoms with Gasteiger partial charge < -0.3 is 9.22 Å². The van der Waals surface area contributed by atoms with Gasteiger partial charge in [-0.05, 0) is 32.1 Å². The fourth-order valence-electron chi connectivity index (χ4n) is 4.22. The second kappa shape index (κ2) is 7.44. The van der Waals surface area contributed by atoms with Gasteiger partial charge in [-0.15, -0.1) is 0 Å². The highest BCUT2D eigenvalue weighted by atomic mass is 16.5. The first-order valence-electron chi connectivity index (χ1n) is 8.65. The lowest BCUT2D eigenvalue weighted by Crippen LogP contribution is -2.61. The zero-order valence-electron chi connectivity index (χ0n) is 13.4. The molecule has 0 radical (unpaired) electrons. The molecule has 2 saturated heterocycles. The summed E-state index contributed by atoms with van der Waals surface area (Å²) in [6, 6.07) is 0.737. The third kappa shape index (κ3) is 3.97. The number of carbonyl (C=O) groups is 1. The van der Waals surface area contributed by atoms with Gasteiger partial charge in [0.2, 0.25) is 0 Å². The van der Waals surface area contributed by atoms with Crippen LogP contribution in [0.1, 0.15) is 64.7 Å². The van der Waals surface area contributed by atoms with Crippen LogP contribution in [-0.4, -0.2) is 43.2 Å². The number of unbranched alkanes of at least 4 members (excludes halogenated alkanes) is 2. The third-order valence-electron chi connectivity index (χ3n) is 5.45. The number of carbonyl (C=O) groups excluding carboxylic acids is 1. The molecule has 0 saturated carbocycles. The van der Waals surface area contributed by atoms with Crippen molar-refractivity contribution in [3.05, 3.63) is 0 Å². The first-order chi connectivity index (χ1) is 9.65. The fourth-order valence-corrected chi connectivity index (χ4v) is 4.22. The van der Waals surface area contributed by atoms with Crippen molar-refractivity contribution >= 4 is 5.97 Å². The van der Waals surface area contributed by atoms with E-state index in [2.05, 4.69) is 14.0 Å². The quantitative estimate of drug-likeness (QED) is 0.423. The lowest BCUT2D eigenvalue weighted by Gasteiger charge is -2.51. The molecule has 0 aromatic carbocycles. The van der Waals surface area contributed by atoms with Gasteiger partial charge in [0.15, 0.2) is 0 Å². The van der Waals surface area contributed by atoms with E-state index in [1.807, 2.05) is 0 Å². The van der Waals surface area contributed by atoms with E-state index in [0.717, 1.165) is 25.3 Å². The molecule has 0 aromatic rings. The summed E-state index contributed by atoms with van der Waals surface area (Å²) >= 11 is 0. The van der Waals surface area contributed by atoms with Crippen LogP contribution < -0.4 is 0 Å². The second-order valence-electron chi connectivity index (χ2n) is 7.03. The van der Waals surface area contributed by atoms with E-state index in [9.17, 15) is 4.79 Å². The largest absolute Gasteiger partial charge is 0.465 e. The fraction of sp³-hybridized carbons (Fsp3) is 0.941. The van der Waals surface area contributed by atoms with E-state index < -0.39 is 0 Å². The number of hydrogen-bond donors (Lipinski definition) is 0. The molecule has 0 amide bonds. The molecule has 0 unspecified atom stereocenters. The van der Waals surface area contributed by atoms with Crippen molar-refractivity contribution in [1.29, 1.82) is 0 Å². The number of nitrogens with zero attached hydrogens (tertiary/aromatic N) is 1. The van der Waals surface area contributed by atoms with E-state index in [0.29, 0.717) is 18.9 Å². The van der Waals surface area contributed by atoms with Crippen LogP contribution in [0.3, 0.4) is 0 Å². The molecule has 3 heteroatoms. The van der Waals surface area contributed by atoms with Gasteiger partial charge in [-0.2, -0.15) is 0 Å². The number of hydrogen-bond acceptors (Lipinski definition) is 2. The summed E-state index contributed by atoms with van der Waals surface area (Å²) in [7, 11) is 2.42. The molecule has 2 aliphatic rings. The maximum absolute atomic E-state index is 11.8. The van der Waals surface area contributed by atoms with Gasteiger partial charge in [0, 0.05) is 18.8 Å². The average molecular weight is 282 g/mol. The van der Waals surface area contributed by atoms with Crippen LogP contribution in [0.15, 0.2) is 0 Å². The summed E-state index contributed by atoms with van der Waals surface area (Å²) in [6.45, 7) is 5.48. The summed E-state index contributed by atoms with van der Waals surface area (Å²) in [4.78, 5) is 11.8. The van der Waals surface area contributed by atoms with Crippen molar-refractivity contribution in [3.63, 3.8) is 0 Å². The lowest BCUT2D eigenvalue weighted by molar-refractivity contribution is -0.947. The maximum atomic E-state index is 11.8. The summed E-state index contributed by atoms with van der Waals surface area (Å²) < 4.78 is 6.81. The van der Waals surface area contributed by atoms with Gasteiger partial charge in [-0.3, -0.25) is 4.79 Å². The molecular weight excluding hydrogens is 250 g/mol. The van der Waals surface area contributed by atoms with Gasteiger partial charge in [0.1, 0.15) is 0 Å². The Bertz CT molecular complexity index is 314. The first kappa shape index (κ1) is 15.8. The van der Waals surface area contributed by atoms with Crippen LogP contribution in [-0.2, 0) is 9.53 Å². The Hall–Kier alpha value is -0.570. The number of quaternary nitrogens is 1. The van der Waals surface area contributed by atoms with Crippen LogP contribution in [0.25, 0.3) is 0 Å². The SMILES string of the molecule is CCCCCC(=O)OC[C@H]1CCC[N@+]2(C)CCCC[C@@H]12. The first-order valence-corrected chi connectivity index (χ1v) is 8.65. The smallest absolute Gasteiger partial charge is 0.305 e. The maximum Gasteiger partial charge on any atom is 0.305 e. The second-order valence-corrected chi connectivity index (χ2v) is 7.03. The molecule has 2 fully saturated rings. The molecule has 3 atom stereocenters. The highest BCUT2D eigenvalue weighted by Gasteiger charge is 2.43. The molecule has 0 aliphatic carbocycles. The summed E-state index contributed by atoms with van der Waals surface area (Å²) in [6.07, 6.45) is 10.5. The Morgan fingerprint density at radius 1 is 1.15 bits per heavy atom.